The van der Waals surface area contributed by atoms with Crippen molar-refractivity contribution in [2.45, 2.75) is 31.9 Å². The van der Waals surface area contributed by atoms with Gasteiger partial charge in [-0.2, -0.15) is 5.26 Å². The SMILES string of the molecule is CC(C)CC(C)(C#N)SC(=S)c1ccccc1. The van der Waals surface area contributed by atoms with Gasteiger partial charge in [-0.1, -0.05) is 68.2 Å². The van der Waals surface area contributed by atoms with Crippen LogP contribution in [0.3, 0.4) is 0 Å². The minimum Gasteiger partial charge on any atom is -0.197 e. The molecule has 0 aliphatic heterocycles. The van der Waals surface area contributed by atoms with Gasteiger partial charge in [-0.05, 0) is 24.8 Å². The second kappa shape index (κ2) is 6.18. The van der Waals surface area contributed by atoms with Gasteiger partial charge in [0.25, 0.3) is 0 Å². The molecule has 0 bridgehead atoms. The van der Waals surface area contributed by atoms with Crippen molar-refractivity contribution in [2.75, 3.05) is 0 Å². The molecule has 1 nitrogen and oxygen atoms in total. The molecule has 0 saturated heterocycles. The number of thiocarbonyl (C=S) groups is 1. The van der Waals surface area contributed by atoms with Crippen molar-refractivity contribution in [3.05, 3.63) is 35.9 Å². The van der Waals surface area contributed by atoms with E-state index in [9.17, 15) is 5.26 Å². The van der Waals surface area contributed by atoms with Crippen molar-refractivity contribution in [1.29, 1.82) is 5.26 Å². The molecule has 1 aromatic rings. The van der Waals surface area contributed by atoms with Crippen LogP contribution in [0.15, 0.2) is 30.3 Å². The van der Waals surface area contributed by atoms with Crippen LogP contribution in [0.2, 0.25) is 0 Å². The maximum absolute atomic E-state index is 9.30. The molecule has 0 spiro atoms. The summed E-state index contributed by atoms with van der Waals surface area (Å²) in [5.74, 6) is 0.491. The largest absolute Gasteiger partial charge is 0.197 e. The van der Waals surface area contributed by atoms with Gasteiger partial charge in [-0.3, -0.25) is 0 Å². The van der Waals surface area contributed by atoms with Gasteiger partial charge in [0.05, 0.1) is 10.3 Å². The van der Waals surface area contributed by atoms with E-state index in [1.807, 2.05) is 37.3 Å². The minimum atomic E-state index is -0.429. The molecule has 0 saturated carbocycles. The zero-order valence-corrected chi connectivity index (χ0v) is 12.1. The highest BCUT2D eigenvalue weighted by Gasteiger charge is 2.28. The molecule has 3 heteroatoms. The molecule has 0 heterocycles. The van der Waals surface area contributed by atoms with E-state index in [4.69, 9.17) is 12.2 Å². The standard InChI is InChI=1S/C14H17NS2/c1-11(2)9-14(3,10-15)17-13(16)12-7-5-4-6-8-12/h4-8,11H,9H2,1-3H3. The van der Waals surface area contributed by atoms with Gasteiger partial charge in [0.15, 0.2) is 0 Å². The first-order valence-electron chi connectivity index (χ1n) is 5.66. The molecular weight excluding hydrogens is 246 g/mol. The summed E-state index contributed by atoms with van der Waals surface area (Å²) in [7, 11) is 0. The predicted molar refractivity (Wildman–Crippen MR) is 79.2 cm³/mol. The maximum Gasteiger partial charge on any atom is 0.105 e. The fourth-order valence-corrected chi connectivity index (χ4v) is 3.54. The first-order chi connectivity index (χ1) is 7.97. The van der Waals surface area contributed by atoms with Crippen LogP contribution in [0.5, 0.6) is 0 Å². The molecule has 1 atom stereocenters. The highest BCUT2D eigenvalue weighted by molar-refractivity contribution is 8.24. The summed E-state index contributed by atoms with van der Waals surface area (Å²) in [6.07, 6.45) is 0.848. The lowest BCUT2D eigenvalue weighted by molar-refractivity contribution is 0.539. The summed E-state index contributed by atoms with van der Waals surface area (Å²) in [4.78, 5) is 0. The lowest BCUT2D eigenvalue weighted by Crippen LogP contribution is -2.22. The molecule has 0 amide bonds. The van der Waals surface area contributed by atoms with E-state index in [2.05, 4.69) is 19.9 Å². The van der Waals surface area contributed by atoms with Crippen molar-refractivity contribution < 1.29 is 0 Å². The fraction of sp³-hybridized carbons (Fsp3) is 0.429. The van der Waals surface area contributed by atoms with Gasteiger partial charge in [0, 0.05) is 0 Å². The Labute approximate surface area is 113 Å². The molecule has 1 unspecified atom stereocenters. The normalized spacial score (nSPS) is 14.1. The molecule has 0 fully saturated rings. The molecule has 0 aromatic heterocycles. The number of hydrogen-bond acceptors (Lipinski definition) is 3. The molecule has 0 N–H and O–H groups in total. The molecule has 0 radical (unpaired) electrons. The third-order valence-corrected chi connectivity index (χ3v) is 3.98. The summed E-state index contributed by atoms with van der Waals surface area (Å²) in [5, 5.41) is 9.30. The van der Waals surface area contributed by atoms with Crippen LogP contribution in [0.25, 0.3) is 0 Å². The number of hydrogen-bond donors (Lipinski definition) is 0. The number of thioether (sulfide) groups is 1. The van der Waals surface area contributed by atoms with Crippen LogP contribution >= 0.6 is 24.0 Å². The first-order valence-corrected chi connectivity index (χ1v) is 6.89. The number of rotatable bonds is 4. The van der Waals surface area contributed by atoms with E-state index in [1.165, 1.54) is 11.8 Å². The Balaban J connectivity index is 2.77. The quantitative estimate of drug-likeness (QED) is 0.751. The van der Waals surface area contributed by atoms with E-state index < -0.39 is 4.75 Å². The average Bonchev–Trinajstić information content (AvgIpc) is 2.29. The zero-order valence-electron chi connectivity index (χ0n) is 10.4. The lowest BCUT2D eigenvalue weighted by atomic mass is 9.99. The van der Waals surface area contributed by atoms with E-state index >= 15 is 0 Å². The molecule has 0 aliphatic carbocycles. The molecule has 17 heavy (non-hydrogen) atoms. The van der Waals surface area contributed by atoms with Crippen molar-refractivity contribution in [2.24, 2.45) is 5.92 Å². The number of benzene rings is 1. The highest BCUT2D eigenvalue weighted by Crippen LogP contribution is 2.34. The Morgan fingerprint density at radius 2 is 2.00 bits per heavy atom. The summed E-state index contributed by atoms with van der Waals surface area (Å²) in [6.45, 7) is 6.22. The smallest absolute Gasteiger partial charge is 0.105 e. The number of nitrogens with zero attached hydrogens (tertiary/aromatic N) is 1. The van der Waals surface area contributed by atoms with E-state index in [-0.39, 0.29) is 0 Å². The summed E-state index contributed by atoms with van der Waals surface area (Å²) >= 11 is 6.90. The minimum absolute atomic E-state index is 0.429. The monoisotopic (exact) mass is 263 g/mol. The molecule has 0 aliphatic rings. The van der Waals surface area contributed by atoms with E-state index in [0.717, 1.165) is 16.2 Å². The maximum atomic E-state index is 9.30. The Bertz CT molecular complexity index is 420. The second-order valence-electron chi connectivity index (χ2n) is 4.70. The van der Waals surface area contributed by atoms with Crippen LogP contribution in [-0.2, 0) is 0 Å². The Kier molecular flexibility index (Phi) is 5.17. The van der Waals surface area contributed by atoms with Crippen molar-refractivity contribution in [1.82, 2.24) is 0 Å². The third-order valence-electron chi connectivity index (χ3n) is 2.36. The summed E-state index contributed by atoms with van der Waals surface area (Å²) in [6, 6.07) is 12.3. The van der Waals surface area contributed by atoms with Crippen LogP contribution in [0, 0.1) is 17.2 Å². The van der Waals surface area contributed by atoms with E-state index in [0.29, 0.717) is 5.92 Å². The highest BCUT2D eigenvalue weighted by atomic mass is 32.2. The average molecular weight is 263 g/mol. The number of nitriles is 1. The predicted octanol–water partition coefficient (Wildman–Crippen LogP) is 4.42. The first kappa shape index (κ1) is 14.2. The summed E-state index contributed by atoms with van der Waals surface area (Å²) < 4.78 is 0.372. The van der Waals surface area contributed by atoms with Crippen molar-refractivity contribution in [3.63, 3.8) is 0 Å². The Hall–Kier alpha value is -0.850. The third kappa shape index (κ3) is 4.49. The Morgan fingerprint density at radius 1 is 1.41 bits per heavy atom. The second-order valence-corrected chi connectivity index (χ2v) is 6.88. The fourth-order valence-electron chi connectivity index (χ4n) is 1.73. The molecule has 1 rings (SSSR count). The lowest BCUT2D eigenvalue weighted by Gasteiger charge is -2.23. The van der Waals surface area contributed by atoms with E-state index in [1.54, 1.807) is 0 Å². The topological polar surface area (TPSA) is 23.8 Å². The van der Waals surface area contributed by atoms with Gasteiger partial charge >= 0.3 is 0 Å². The summed E-state index contributed by atoms with van der Waals surface area (Å²) in [5.41, 5.74) is 1.03. The molecular formula is C14H17NS2. The van der Waals surface area contributed by atoms with Crippen LogP contribution in [0.4, 0.5) is 0 Å². The van der Waals surface area contributed by atoms with Crippen LogP contribution in [-0.4, -0.2) is 8.94 Å². The van der Waals surface area contributed by atoms with Gasteiger partial charge in [0.2, 0.25) is 0 Å². The van der Waals surface area contributed by atoms with Crippen molar-refractivity contribution in [3.8, 4) is 6.07 Å². The Morgan fingerprint density at radius 3 is 2.47 bits per heavy atom. The van der Waals surface area contributed by atoms with Gasteiger partial charge in [-0.25, -0.2) is 0 Å². The van der Waals surface area contributed by atoms with Crippen LogP contribution in [0.1, 0.15) is 32.8 Å². The molecule has 90 valence electrons. The zero-order chi connectivity index (χ0) is 12.9. The van der Waals surface area contributed by atoms with Gasteiger partial charge in [0.1, 0.15) is 4.75 Å². The van der Waals surface area contributed by atoms with Gasteiger partial charge < -0.3 is 0 Å². The van der Waals surface area contributed by atoms with Crippen LogP contribution < -0.4 is 0 Å². The molecule has 1 aromatic carbocycles. The van der Waals surface area contributed by atoms with Gasteiger partial charge in [-0.15, -0.1) is 0 Å². The van der Waals surface area contributed by atoms with Crippen molar-refractivity contribution >= 4 is 28.2 Å².